The summed E-state index contributed by atoms with van der Waals surface area (Å²) in [6, 6.07) is 0.0901. The van der Waals surface area contributed by atoms with Crippen molar-refractivity contribution in [2.45, 2.75) is 71.1 Å². The van der Waals surface area contributed by atoms with E-state index in [9.17, 15) is 4.79 Å². The molecular weight excluding hydrogens is 342 g/mol. The molecule has 0 radical (unpaired) electrons. The molecule has 0 aromatic carbocycles. The topological polar surface area (TPSA) is 73.1 Å². The van der Waals surface area contributed by atoms with E-state index in [1.54, 1.807) is 4.68 Å². The van der Waals surface area contributed by atoms with Crippen molar-refractivity contribution >= 4 is 6.09 Å². The van der Waals surface area contributed by atoms with Gasteiger partial charge in [0, 0.05) is 30.4 Å². The number of fused-ring (bicyclic) bond motifs is 4. The Kier molecular flexibility index (Phi) is 4.20. The maximum absolute atomic E-state index is 12.9. The Morgan fingerprint density at radius 1 is 1.26 bits per heavy atom. The Labute approximate surface area is 159 Å². The number of hydrogen-bond donors (Lipinski definition) is 0. The van der Waals surface area contributed by atoms with Crippen LogP contribution in [0.25, 0.3) is 11.3 Å². The van der Waals surface area contributed by atoms with Crippen molar-refractivity contribution < 1.29 is 9.53 Å². The standard InChI is InChI=1S/C20H27N5O2/c1-12-22-17(13-10-21-24(5)11-13)15-9-14-7-6-8-16(18(15)23-12)25(14)19(26)27-20(2,3)4/h10-11,14,16H,6-9H2,1-5H3. The normalized spacial score (nSPS) is 21.7. The summed E-state index contributed by atoms with van der Waals surface area (Å²) in [4.78, 5) is 24.4. The van der Waals surface area contributed by atoms with Crippen LogP contribution in [0.5, 0.6) is 0 Å². The quantitative estimate of drug-likeness (QED) is 0.768. The zero-order valence-electron chi connectivity index (χ0n) is 16.7. The minimum atomic E-state index is -0.506. The van der Waals surface area contributed by atoms with E-state index in [4.69, 9.17) is 14.7 Å². The smallest absolute Gasteiger partial charge is 0.411 e. The second kappa shape index (κ2) is 6.32. The molecule has 144 valence electrons. The van der Waals surface area contributed by atoms with Gasteiger partial charge < -0.3 is 4.74 Å². The number of hydrogen-bond acceptors (Lipinski definition) is 5. The van der Waals surface area contributed by atoms with Gasteiger partial charge in [0.2, 0.25) is 0 Å². The molecule has 2 aliphatic heterocycles. The van der Waals surface area contributed by atoms with Gasteiger partial charge in [-0.2, -0.15) is 5.10 Å². The molecule has 1 amide bonds. The molecule has 27 heavy (non-hydrogen) atoms. The first-order valence-corrected chi connectivity index (χ1v) is 9.60. The second-order valence-electron chi connectivity index (χ2n) is 8.58. The van der Waals surface area contributed by atoms with Crippen LogP contribution in [-0.4, -0.2) is 42.4 Å². The van der Waals surface area contributed by atoms with E-state index in [2.05, 4.69) is 5.10 Å². The van der Waals surface area contributed by atoms with Crippen LogP contribution in [0.4, 0.5) is 4.79 Å². The fourth-order valence-corrected chi connectivity index (χ4v) is 4.25. The average Bonchev–Trinajstić information content (AvgIpc) is 2.99. The molecular formula is C20H27N5O2. The number of ether oxygens (including phenoxy) is 1. The number of nitrogens with zero attached hydrogens (tertiary/aromatic N) is 5. The van der Waals surface area contributed by atoms with E-state index in [0.29, 0.717) is 0 Å². The summed E-state index contributed by atoms with van der Waals surface area (Å²) in [7, 11) is 1.91. The minimum Gasteiger partial charge on any atom is -0.444 e. The molecule has 1 fully saturated rings. The molecule has 1 saturated heterocycles. The lowest BCUT2D eigenvalue weighted by molar-refractivity contribution is -0.0105. The first-order chi connectivity index (χ1) is 12.7. The summed E-state index contributed by atoms with van der Waals surface area (Å²) in [6.07, 6.45) is 7.34. The Morgan fingerprint density at radius 3 is 2.70 bits per heavy atom. The highest BCUT2D eigenvalue weighted by Gasteiger charge is 2.44. The predicted octanol–water partition coefficient (Wildman–Crippen LogP) is 3.57. The largest absolute Gasteiger partial charge is 0.444 e. The highest BCUT2D eigenvalue weighted by Crippen LogP contribution is 2.44. The molecule has 4 heterocycles. The van der Waals surface area contributed by atoms with Crippen LogP contribution in [0.1, 0.15) is 63.2 Å². The van der Waals surface area contributed by atoms with Crippen LogP contribution in [0.3, 0.4) is 0 Å². The SMILES string of the molecule is Cc1nc(-c2cnn(C)c2)c2c(n1)C1CCCC(C2)N1C(=O)OC(C)(C)C. The van der Waals surface area contributed by atoms with Crippen LogP contribution >= 0.6 is 0 Å². The molecule has 0 aliphatic carbocycles. The van der Waals surface area contributed by atoms with E-state index in [-0.39, 0.29) is 18.2 Å². The van der Waals surface area contributed by atoms with Gasteiger partial charge in [0.15, 0.2) is 0 Å². The van der Waals surface area contributed by atoms with Crippen molar-refractivity contribution in [3.05, 3.63) is 29.5 Å². The van der Waals surface area contributed by atoms with Crippen LogP contribution in [0.15, 0.2) is 12.4 Å². The summed E-state index contributed by atoms with van der Waals surface area (Å²) in [5.74, 6) is 0.723. The molecule has 2 aliphatic rings. The van der Waals surface area contributed by atoms with Crippen molar-refractivity contribution in [1.82, 2.24) is 24.6 Å². The molecule has 4 rings (SSSR count). The molecule has 2 bridgehead atoms. The van der Waals surface area contributed by atoms with Crippen LogP contribution in [0, 0.1) is 6.92 Å². The molecule has 0 N–H and O–H groups in total. The molecule has 2 aromatic rings. The van der Waals surface area contributed by atoms with Crippen LogP contribution in [0.2, 0.25) is 0 Å². The van der Waals surface area contributed by atoms with Gasteiger partial charge in [-0.3, -0.25) is 9.58 Å². The number of rotatable bonds is 1. The maximum atomic E-state index is 12.9. The number of carbonyl (C=O) groups is 1. The fourth-order valence-electron chi connectivity index (χ4n) is 4.25. The first-order valence-electron chi connectivity index (χ1n) is 9.60. The Morgan fingerprint density at radius 2 is 2.04 bits per heavy atom. The van der Waals surface area contributed by atoms with Crippen molar-refractivity contribution in [2.75, 3.05) is 0 Å². The van der Waals surface area contributed by atoms with E-state index in [1.165, 1.54) is 0 Å². The Hall–Kier alpha value is -2.44. The highest BCUT2D eigenvalue weighted by molar-refractivity contribution is 5.71. The van der Waals surface area contributed by atoms with Gasteiger partial charge in [-0.15, -0.1) is 0 Å². The van der Waals surface area contributed by atoms with Gasteiger partial charge in [-0.05, 0) is 53.4 Å². The van der Waals surface area contributed by atoms with Crippen LogP contribution < -0.4 is 0 Å². The van der Waals surface area contributed by atoms with E-state index in [0.717, 1.165) is 54.0 Å². The number of aromatic nitrogens is 4. The van der Waals surface area contributed by atoms with E-state index < -0.39 is 5.60 Å². The summed E-state index contributed by atoms with van der Waals surface area (Å²) >= 11 is 0. The average molecular weight is 369 g/mol. The second-order valence-corrected chi connectivity index (χ2v) is 8.58. The number of carbonyl (C=O) groups excluding carboxylic acids is 1. The first kappa shape index (κ1) is 17.9. The van der Waals surface area contributed by atoms with Gasteiger partial charge in [0.1, 0.15) is 11.4 Å². The maximum Gasteiger partial charge on any atom is 0.411 e. The fraction of sp³-hybridized carbons (Fsp3) is 0.600. The summed E-state index contributed by atoms with van der Waals surface area (Å²) in [5.41, 5.74) is 3.58. The molecule has 2 unspecified atom stereocenters. The zero-order chi connectivity index (χ0) is 19.3. The van der Waals surface area contributed by atoms with Crippen molar-refractivity contribution in [3.63, 3.8) is 0 Å². The predicted molar refractivity (Wildman–Crippen MR) is 101 cm³/mol. The summed E-state index contributed by atoms with van der Waals surface area (Å²) in [5, 5.41) is 4.30. The molecule has 2 atom stereocenters. The van der Waals surface area contributed by atoms with Gasteiger partial charge in [0.05, 0.1) is 23.6 Å². The van der Waals surface area contributed by atoms with Crippen molar-refractivity contribution in [3.8, 4) is 11.3 Å². The molecule has 2 aromatic heterocycles. The monoisotopic (exact) mass is 369 g/mol. The lowest BCUT2D eigenvalue weighted by Crippen LogP contribution is -2.51. The molecule has 7 nitrogen and oxygen atoms in total. The van der Waals surface area contributed by atoms with Crippen LogP contribution in [-0.2, 0) is 18.2 Å². The number of amides is 1. The molecule has 0 spiro atoms. The van der Waals surface area contributed by atoms with Crippen molar-refractivity contribution in [2.24, 2.45) is 7.05 Å². The van der Waals surface area contributed by atoms with E-state index in [1.807, 2.05) is 52.0 Å². The third-order valence-corrected chi connectivity index (χ3v) is 5.23. The third-order valence-electron chi connectivity index (χ3n) is 5.23. The lowest BCUT2D eigenvalue weighted by atomic mass is 9.81. The number of aryl methyl sites for hydroxylation is 2. The minimum absolute atomic E-state index is 0.0422. The summed E-state index contributed by atoms with van der Waals surface area (Å²) in [6.45, 7) is 7.63. The molecule has 7 heteroatoms. The Balaban J connectivity index is 1.78. The zero-order valence-corrected chi connectivity index (χ0v) is 16.7. The van der Waals surface area contributed by atoms with E-state index >= 15 is 0 Å². The highest BCUT2D eigenvalue weighted by atomic mass is 16.6. The van der Waals surface area contributed by atoms with Gasteiger partial charge >= 0.3 is 6.09 Å². The van der Waals surface area contributed by atoms with Gasteiger partial charge in [-0.1, -0.05) is 0 Å². The number of piperidine rings is 1. The summed E-state index contributed by atoms with van der Waals surface area (Å²) < 4.78 is 7.49. The third kappa shape index (κ3) is 3.31. The van der Waals surface area contributed by atoms with Gasteiger partial charge in [-0.25, -0.2) is 14.8 Å². The molecule has 0 saturated carbocycles. The van der Waals surface area contributed by atoms with Gasteiger partial charge in [0.25, 0.3) is 0 Å². The Bertz CT molecular complexity index is 883. The van der Waals surface area contributed by atoms with Crippen molar-refractivity contribution in [1.29, 1.82) is 0 Å². The lowest BCUT2D eigenvalue weighted by Gasteiger charge is -2.46.